The Bertz CT molecular complexity index is 961. The van der Waals surface area contributed by atoms with Gasteiger partial charge in [-0.2, -0.15) is 0 Å². The van der Waals surface area contributed by atoms with Gasteiger partial charge in [-0.3, -0.25) is 9.59 Å². The van der Waals surface area contributed by atoms with Crippen LogP contribution in [0.3, 0.4) is 0 Å². The van der Waals surface area contributed by atoms with Crippen molar-refractivity contribution >= 4 is 18.0 Å². The van der Waals surface area contributed by atoms with Gasteiger partial charge >= 0.3 is 12.1 Å². The quantitative estimate of drug-likeness (QED) is 0.425. The molecule has 2 unspecified atom stereocenters. The molecule has 0 radical (unpaired) electrons. The number of carbonyl (C=O) groups is 3. The lowest BCUT2D eigenvalue weighted by molar-refractivity contribution is -0.138. The molecule has 1 aliphatic rings. The fourth-order valence-electron chi connectivity index (χ4n) is 4.44. The van der Waals surface area contributed by atoms with Gasteiger partial charge in [-0.25, -0.2) is 4.79 Å². The average Bonchev–Trinajstić information content (AvgIpc) is 3.16. The highest BCUT2D eigenvalue weighted by Crippen LogP contribution is 2.44. The molecule has 0 aliphatic heterocycles. The summed E-state index contributed by atoms with van der Waals surface area (Å²) < 4.78 is 5.56. The zero-order valence-electron chi connectivity index (χ0n) is 19.9. The van der Waals surface area contributed by atoms with Crippen molar-refractivity contribution in [3.63, 3.8) is 0 Å². The minimum Gasteiger partial charge on any atom is -0.481 e. The van der Waals surface area contributed by atoms with Gasteiger partial charge in [0.05, 0.1) is 0 Å². The number of nitrogens with one attached hydrogen (secondary N) is 2. The average molecular weight is 467 g/mol. The van der Waals surface area contributed by atoms with E-state index in [2.05, 4.69) is 34.9 Å². The third kappa shape index (κ3) is 6.59. The van der Waals surface area contributed by atoms with E-state index in [9.17, 15) is 14.4 Å². The molecule has 2 atom stereocenters. The van der Waals surface area contributed by atoms with Crippen molar-refractivity contribution in [3.05, 3.63) is 59.7 Å². The third-order valence-electron chi connectivity index (χ3n) is 6.56. The number of hydrogen-bond donors (Lipinski definition) is 3. The first-order valence-electron chi connectivity index (χ1n) is 12.0. The van der Waals surface area contributed by atoms with Crippen LogP contribution in [0.1, 0.15) is 56.6 Å². The number of alkyl carbamates (subject to hydrolysis) is 1. The second kappa shape index (κ2) is 12.2. The van der Waals surface area contributed by atoms with Gasteiger partial charge in [0.2, 0.25) is 5.91 Å². The highest BCUT2D eigenvalue weighted by atomic mass is 16.5. The van der Waals surface area contributed by atoms with Gasteiger partial charge in [-0.1, -0.05) is 75.2 Å². The molecule has 3 N–H and O–H groups in total. The van der Waals surface area contributed by atoms with E-state index < -0.39 is 12.1 Å². The van der Waals surface area contributed by atoms with Crippen LogP contribution in [0.25, 0.3) is 11.1 Å². The number of ether oxygens (including phenoxy) is 1. The number of fused-ring (bicyclic) bond motifs is 3. The number of carbonyl (C=O) groups excluding carboxylic acids is 2. The smallest absolute Gasteiger partial charge is 0.407 e. The molecule has 3 rings (SSSR count). The van der Waals surface area contributed by atoms with Crippen LogP contribution in [-0.2, 0) is 14.3 Å². The van der Waals surface area contributed by atoms with Crippen molar-refractivity contribution in [2.75, 3.05) is 19.7 Å². The first kappa shape index (κ1) is 25.3. The maximum absolute atomic E-state index is 12.4. The Morgan fingerprint density at radius 1 is 0.853 bits per heavy atom. The Kier molecular flexibility index (Phi) is 9.08. The molecule has 0 aromatic heterocycles. The van der Waals surface area contributed by atoms with Crippen molar-refractivity contribution in [2.45, 2.75) is 45.4 Å². The Morgan fingerprint density at radius 3 is 1.94 bits per heavy atom. The summed E-state index contributed by atoms with van der Waals surface area (Å²) >= 11 is 0. The predicted molar refractivity (Wildman–Crippen MR) is 131 cm³/mol. The standard InChI is InChI=1S/C27H34N2O5/c1-3-18(13-25(30)28-15-19(4-2)14-26(31)32)16-29-27(33)34-17-24-22-11-7-5-9-20(22)21-10-6-8-12-23(21)24/h5-12,18-19,24H,3-4,13-17H2,1-2H3,(H,28,30)(H,29,33)(H,31,32). The molecule has 7 heteroatoms. The Balaban J connectivity index is 1.45. The minimum absolute atomic E-state index is 0.00298. The summed E-state index contributed by atoms with van der Waals surface area (Å²) in [6.07, 6.45) is 1.23. The van der Waals surface area contributed by atoms with Gasteiger partial charge in [0, 0.05) is 31.8 Å². The van der Waals surface area contributed by atoms with E-state index in [-0.39, 0.29) is 43.1 Å². The summed E-state index contributed by atoms with van der Waals surface area (Å²) in [7, 11) is 0. The highest BCUT2D eigenvalue weighted by Gasteiger charge is 2.29. The van der Waals surface area contributed by atoms with Crippen LogP contribution in [0.5, 0.6) is 0 Å². The van der Waals surface area contributed by atoms with E-state index in [1.807, 2.05) is 38.1 Å². The maximum Gasteiger partial charge on any atom is 0.407 e. The van der Waals surface area contributed by atoms with Crippen LogP contribution >= 0.6 is 0 Å². The number of benzene rings is 2. The minimum atomic E-state index is -0.861. The molecule has 34 heavy (non-hydrogen) atoms. The molecule has 7 nitrogen and oxygen atoms in total. The Hall–Kier alpha value is -3.35. The largest absolute Gasteiger partial charge is 0.481 e. The summed E-state index contributed by atoms with van der Waals surface area (Å²) in [5, 5.41) is 14.6. The first-order valence-corrected chi connectivity index (χ1v) is 12.0. The van der Waals surface area contributed by atoms with Gasteiger partial charge in [0.25, 0.3) is 0 Å². The molecule has 2 aromatic rings. The summed E-state index contributed by atoms with van der Waals surface area (Å²) in [4.78, 5) is 35.6. The number of amides is 2. The summed E-state index contributed by atoms with van der Waals surface area (Å²) in [6, 6.07) is 16.4. The van der Waals surface area contributed by atoms with Crippen molar-refractivity contribution in [1.29, 1.82) is 0 Å². The normalized spacial score (nSPS) is 13.9. The number of aliphatic carboxylic acids is 1. The van der Waals surface area contributed by atoms with E-state index in [1.165, 1.54) is 11.1 Å². The van der Waals surface area contributed by atoms with Gasteiger partial charge in [-0.05, 0) is 34.1 Å². The maximum atomic E-state index is 12.4. The molecule has 1 aliphatic carbocycles. The lowest BCUT2D eigenvalue weighted by Crippen LogP contribution is -2.35. The number of rotatable bonds is 12. The van der Waals surface area contributed by atoms with Crippen LogP contribution in [0.2, 0.25) is 0 Å². The van der Waals surface area contributed by atoms with Gasteiger partial charge in [0.15, 0.2) is 0 Å². The molecule has 2 amide bonds. The van der Waals surface area contributed by atoms with Gasteiger partial charge in [-0.15, -0.1) is 0 Å². The molecule has 0 spiro atoms. The second-order valence-corrected chi connectivity index (χ2v) is 8.86. The third-order valence-corrected chi connectivity index (χ3v) is 6.56. The second-order valence-electron chi connectivity index (χ2n) is 8.86. The first-order chi connectivity index (χ1) is 16.4. The summed E-state index contributed by atoms with van der Waals surface area (Å²) in [5.41, 5.74) is 4.68. The molecular formula is C27H34N2O5. The number of carboxylic acid groups (broad SMARTS) is 1. The molecular weight excluding hydrogens is 432 g/mol. The molecule has 182 valence electrons. The van der Waals surface area contributed by atoms with E-state index in [1.54, 1.807) is 0 Å². The topological polar surface area (TPSA) is 105 Å². The van der Waals surface area contributed by atoms with Gasteiger partial charge in [0.1, 0.15) is 6.61 Å². The van der Waals surface area contributed by atoms with Crippen LogP contribution in [0, 0.1) is 11.8 Å². The fourth-order valence-corrected chi connectivity index (χ4v) is 4.44. The SMILES string of the molecule is CCC(CNC(=O)CC(CC)CNC(=O)OCC1c2ccccc2-c2ccccc21)CC(=O)O. The molecule has 0 bridgehead atoms. The van der Waals surface area contributed by atoms with Crippen molar-refractivity contribution < 1.29 is 24.2 Å². The molecule has 0 saturated heterocycles. The Labute approximate surface area is 200 Å². The van der Waals surface area contributed by atoms with E-state index in [0.29, 0.717) is 19.5 Å². The molecule has 0 saturated carbocycles. The highest BCUT2D eigenvalue weighted by molar-refractivity contribution is 5.79. The van der Waals surface area contributed by atoms with E-state index in [0.717, 1.165) is 17.5 Å². The van der Waals surface area contributed by atoms with Crippen molar-refractivity contribution in [3.8, 4) is 11.1 Å². The van der Waals surface area contributed by atoms with Crippen LogP contribution in [-0.4, -0.2) is 42.8 Å². The zero-order chi connectivity index (χ0) is 24.5. The predicted octanol–water partition coefficient (Wildman–Crippen LogP) is 4.56. The van der Waals surface area contributed by atoms with Gasteiger partial charge < -0.3 is 20.5 Å². The summed E-state index contributed by atoms with van der Waals surface area (Å²) in [5.74, 6) is -1.10. The molecule has 2 aromatic carbocycles. The van der Waals surface area contributed by atoms with Crippen LogP contribution in [0.4, 0.5) is 4.79 Å². The lowest BCUT2D eigenvalue weighted by atomic mass is 9.98. The monoisotopic (exact) mass is 466 g/mol. The molecule has 0 heterocycles. The van der Waals surface area contributed by atoms with Crippen LogP contribution in [0.15, 0.2) is 48.5 Å². The number of carboxylic acids is 1. The zero-order valence-corrected chi connectivity index (χ0v) is 19.9. The number of hydrogen-bond acceptors (Lipinski definition) is 4. The van der Waals surface area contributed by atoms with E-state index >= 15 is 0 Å². The Morgan fingerprint density at radius 2 is 1.38 bits per heavy atom. The van der Waals surface area contributed by atoms with Crippen molar-refractivity contribution in [1.82, 2.24) is 10.6 Å². The fraction of sp³-hybridized carbons (Fsp3) is 0.444. The molecule has 0 fully saturated rings. The lowest BCUT2D eigenvalue weighted by Gasteiger charge is -2.18. The van der Waals surface area contributed by atoms with Crippen molar-refractivity contribution in [2.24, 2.45) is 11.8 Å². The van der Waals surface area contributed by atoms with E-state index in [4.69, 9.17) is 9.84 Å². The van der Waals surface area contributed by atoms with Crippen LogP contribution < -0.4 is 10.6 Å². The summed E-state index contributed by atoms with van der Waals surface area (Å²) in [6.45, 7) is 4.81.